The number of aliphatic imine (C=N–C) groups is 1. The van der Waals surface area contributed by atoms with Crippen molar-refractivity contribution in [3.8, 4) is 0 Å². The summed E-state index contributed by atoms with van der Waals surface area (Å²) in [5.74, 6) is 0.0511. The molecule has 1 aromatic carbocycles. The highest BCUT2D eigenvalue weighted by Gasteiger charge is 2.07. The van der Waals surface area contributed by atoms with Crippen molar-refractivity contribution in [2.45, 2.75) is 26.7 Å². The summed E-state index contributed by atoms with van der Waals surface area (Å²) in [5, 5.41) is 8.82. The zero-order valence-corrected chi connectivity index (χ0v) is 11.1. The molecule has 1 rings (SSSR count). The molecule has 18 heavy (non-hydrogen) atoms. The Morgan fingerprint density at radius 1 is 1.50 bits per heavy atom. The van der Waals surface area contributed by atoms with Crippen LogP contribution >= 0.6 is 0 Å². The lowest BCUT2D eigenvalue weighted by atomic mass is 9.97. The Bertz CT molecular complexity index is 487. The zero-order valence-electron chi connectivity index (χ0n) is 11.1. The van der Waals surface area contributed by atoms with E-state index in [0.29, 0.717) is 5.92 Å². The third kappa shape index (κ3) is 3.37. The minimum absolute atomic E-state index is 0.192. The molecule has 0 aliphatic rings. The van der Waals surface area contributed by atoms with Gasteiger partial charge in [0, 0.05) is 0 Å². The van der Waals surface area contributed by atoms with Gasteiger partial charge in [-0.2, -0.15) is 0 Å². The van der Waals surface area contributed by atoms with Gasteiger partial charge in [-0.05, 0) is 42.3 Å². The Morgan fingerprint density at radius 2 is 2.17 bits per heavy atom. The second-order valence-corrected chi connectivity index (χ2v) is 4.54. The van der Waals surface area contributed by atoms with E-state index in [1.54, 1.807) is 6.08 Å². The minimum atomic E-state index is -0.548. The van der Waals surface area contributed by atoms with Gasteiger partial charge >= 0.3 is 0 Å². The maximum atomic E-state index is 11.4. The zero-order chi connectivity index (χ0) is 13.7. The Labute approximate surface area is 108 Å². The number of carbonyl (C=O) groups excluding carboxylic acids is 1. The number of ketones is 1. The quantitative estimate of drug-likeness (QED) is 0.640. The summed E-state index contributed by atoms with van der Waals surface area (Å²) >= 11 is 0. The van der Waals surface area contributed by atoms with Crippen LogP contribution in [0.3, 0.4) is 0 Å². The number of aryl methyl sites for hydroxylation is 1. The molecule has 0 aliphatic heterocycles. The Kier molecular flexibility index (Phi) is 4.98. The fourth-order valence-electron chi connectivity index (χ4n) is 1.66. The van der Waals surface area contributed by atoms with E-state index in [9.17, 15) is 4.79 Å². The molecule has 3 nitrogen and oxygen atoms in total. The molecule has 0 saturated heterocycles. The number of hydrogen-bond donors (Lipinski definition) is 1. The fourth-order valence-corrected chi connectivity index (χ4v) is 1.66. The van der Waals surface area contributed by atoms with Crippen LogP contribution in [0, 0.1) is 6.92 Å². The first-order chi connectivity index (χ1) is 8.49. The third-order valence-corrected chi connectivity index (χ3v) is 2.85. The average Bonchev–Trinajstić information content (AvgIpc) is 2.36. The molecule has 0 amide bonds. The van der Waals surface area contributed by atoms with Gasteiger partial charge in [-0.3, -0.25) is 9.79 Å². The Balaban J connectivity index is 3.14. The van der Waals surface area contributed by atoms with Crippen molar-refractivity contribution in [2.75, 3.05) is 6.61 Å². The molecular weight excluding hydrogens is 226 g/mol. The van der Waals surface area contributed by atoms with E-state index in [4.69, 9.17) is 5.11 Å². The number of aliphatic hydroxyl groups is 1. The summed E-state index contributed by atoms with van der Waals surface area (Å²) in [7, 11) is 0. The number of nitrogens with zero attached hydrogens (tertiary/aromatic N) is 1. The largest absolute Gasteiger partial charge is 0.388 e. The molecule has 0 aliphatic carbocycles. The predicted octanol–water partition coefficient (Wildman–Crippen LogP) is 2.72. The molecule has 0 spiro atoms. The van der Waals surface area contributed by atoms with Gasteiger partial charge in [-0.15, -0.1) is 0 Å². The maximum Gasteiger partial charge on any atom is 0.206 e. The monoisotopic (exact) mass is 245 g/mol. The molecule has 0 saturated carbocycles. The first kappa shape index (κ1) is 14.3. The minimum Gasteiger partial charge on any atom is -0.388 e. The van der Waals surface area contributed by atoms with Crippen molar-refractivity contribution < 1.29 is 9.90 Å². The van der Waals surface area contributed by atoms with Crippen molar-refractivity contribution in [2.24, 2.45) is 4.99 Å². The van der Waals surface area contributed by atoms with Crippen LogP contribution in [0.25, 0.3) is 6.08 Å². The molecule has 0 unspecified atom stereocenters. The lowest BCUT2D eigenvalue weighted by Crippen LogP contribution is -2.05. The lowest BCUT2D eigenvalue weighted by Gasteiger charge is -2.09. The second kappa shape index (κ2) is 6.26. The number of benzene rings is 1. The predicted molar refractivity (Wildman–Crippen MR) is 74.9 cm³/mol. The summed E-state index contributed by atoms with van der Waals surface area (Å²) in [5.41, 5.74) is 3.45. The summed E-state index contributed by atoms with van der Waals surface area (Å²) in [6, 6.07) is 6.09. The van der Waals surface area contributed by atoms with Crippen LogP contribution in [0.2, 0.25) is 0 Å². The van der Waals surface area contributed by atoms with Gasteiger partial charge in [0.25, 0.3) is 0 Å². The summed E-state index contributed by atoms with van der Waals surface area (Å²) in [4.78, 5) is 15.0. The highest BCUT2D eigenvalue weighted by molar-refractivity contribution is 6.00. The first-order valence-corrected chi connectivity index (χ1v) is 5.92. The topological polar surface area (TPSA) is 49.7 Å². The van der Waals surface area contributed by atoms with Gasteiger partial charge < -0.3 is 5.11 Å². The van der Waals surface area contributed by atoms with Gasteiger partial charge in [0.15, 0.2) is 0 Å². The van der Waals surface area contributed by atoms with Crippen molar-refractivity contribution in [1.29, 1.82) is 0 Å². The van der Waals surface area contributed by atoms with Gasteiger partial charge in [-0.25, -0.2) is 0 Å². The molecule has 0 bridgehead atoms. The van der Waals surface area contributed by atoms with Crippen LogP contribution in [0.15, 0.2) is 28.9 Å². The van der Waals surface area contributed by atoms with Crippen LogP contribution in [0.4, 0.5) is 0 Å². The number of hydrogen-bond acceptors (Lipinski definition) is 3. The number of aliphatic hydroxyl groups excluding tert-OH is 1. The number of Topliss-reactive ketones (excluding diaryl/α,β-unsaturated/α-hetero) is 1. The van der Waals surface area contributed by atoms with Crippen LogP contribution < -0.4 is 0 Å². The van der Waals surface area contributed by atoms with Crippen LogP contribution in [-0.2, 0) is 4.79 Å². The molecule has 0 fully saturated rings. The lowest BCUT2D eigenvalue weighted by molar-refractivity contribution is -0.118. The van der Waals surface area contributed by atoms with E-state index in [2.05, 4.69) is 31.6 Å². The standard InChI is InChI=1S/C15H19NO2/c1-10(2)12-5-6-13(11(3)7-12)8-14(16-4)15(18)9-17/h5-8,10,17H,4,9H2,1-3H3/b14-8-. The first-order valence-electron chi connectivity index (χ1n) is 5.92. The van der Waals surface area contributed by atoms with E-state index in [1.165, 1.54) is 5.56 Å². The SMILES string of the molecule is C=N/C(=C\c1ccc(C(C)C)cc1C)C(=O)CO. The van der Waals surface area contributed by atoms with Crippen LogP contribution in [-0.4, -0.2) is 24.2 Å². The summed E-state index contributed by atoms with van der Waals surface area (Å²) in [6.45, 7) is 9.06. The third-order valence-electron chi connectivity index (χ3n) is 2.85. The van der Waals surface area contributed by atoms with Crippen molar-refractivity contribution in [3.63, 3.8) is 0 Å². The van der Waals surface area contributed by atoms with E-state index < -0.39 is 12.4 Å². The molecule has 3 heteroatoms. The van der Waals surface area contributed by atoms with Gasteiger partial charge in [0.2, 0.25) is 5.78 Å². The van der Waals surface area contributed by atoms with Crippen molar-refractivity contribution in [3.05, 3.63) is 40.6 Å². The Morgan fingerprint density at radius 3 is 2.61 bits per heavy atom. The average molecular weight is 245 g/mol. The van der Waals surface area contributed by atoms with Gasteiger partial charge in [0.05, 0.1) is 0 Å². The fraction of sp³-hybridized carbons (Fsp3) is 0.333. The van der Waals surface area contributed by atoms with E-state index in [-0.39, 0.29) is 5.70 Å². The van der Waals surface area contributed by atoms with E-state index >= 15 is 0 Å². The van der Waals surface area contributed by atoms with Crippen LogP contribution in [0.1, 0.15) is 36.5 Å². The van der Waals surface area contributed by atoms with Crippen molar-refractivity contribution in [1.82, 2.24) is 0 Å². The molecule has 1 N–H and O–H groups in total. The summed E-state index contributed by atoms with van der Waals surface area (Å²) < 4.78 is 0. The molecule has 96 valence electrons. The summed E-state index contributed by atoms with van der Waals surface area (Å²) in [6.07, 6.45) is 1.66. The van der Waals surface area contributed by atoms with Crippen molar-refractivity contribution >= 4 is 18.6 Å². The van der Waals surface area contributed by atoms with Gasteiger partial charge in [0.1, 0.15) is 12.3 Å². The molecular formula is C15H19NO2. The normalized spacial score (nSPS) is 11.7. The molecule has 0 atom stereocenters. The highest BCUT2D eigenvalue weighted by atomic mass is 16.3. The van der Waals surface area contributed by atoms with E-state index in [0.717, 1.165) is 11.1 Å². The number of carbonyl (C=O) groups is 1. The van der Waals surface area contributed by atoms with E-state index in [1.807, 2.05) is 19.1 Å². The molecule has 0 radical (unpaired) electrons. The van der Waals surface area contributed by atoms with Crippen LogP contribution in [0.5, 0.6) is 0 Å². The molecule has 1 aromatic rings. The molecule has 0 heterocycles. The van der Waals surface area contributed by atoms with Gasteiger partial charge in [-0.1, -0.05) is 32.0 Å². The Hall–Kier alpha value is -1.74. The second-order valence-electron chi connectivity index (χ2n) is 4.54. The smallest absolute Gasteiger partial charge is 0.206 e. The molecule has 0 aromatic heterocycles. The maximum absolute atomic E-state index is 11.4. The number of rotatable bonds is 5. The highest BCUT2D eigenvalue weighted by Crippen LogP contribution is 2.20.